The van der Waals surface area contributed by atoms with Crippen LogP contribution < -0.4 is 5.32 Å². The third kappa shape index (κ3) is 3.56. The zero-order valence-corrected chi connectivity index (χ0v) is 14.3. The molecule has 0 radical (unpaired) electrons. The number of rotatable bonds is 3. The molecule has 0 heterocycles. The number of carbonyl (C=O) groups is 1. The van der Waals surface area contributed by atoms with Crippen molar-refractivity contribution in [3.63, 3.8) is 0 Å². The maximum atomic E-state index is 12.4. The van der Waals surface area contributed by atoms with Gasteiger partial charge in [0.1, 0.15) is 0 Å². The zero-order valence-electron chi connectivity index (χ0n) is 12.0. The van der Waals surface area contributed by atoms with Gasteiger partial charge < -0.3 is 5.32 Å². The molecule has 2 rings (SSSR count). The van der Waals surface area contributed by atoms with Crippen molar-refractivity contribution in [3.8, 4) is 0 Å². The van der Waals surface area contributed by atoms with Gasteiger partial charge in [-0.1, -0.05) is 44.4 Å². The number of hydrogen-bond acceptors (Lipinski definition) is 1. The Morgan fingerprint density at radius 3 is 2.75 bits per heavy atom. The molecule has 1 aromatic carbocycles. The number of hydrogen-bond donors (Lipinski definition) is 1. The molecule has 1 fully saturated rings. The highest BCUT2D eigenvalue weighted by Gasteiger charge is 2.29. The maximum Gasteiger partial charge on any atom is 0.253 e. The normalized spacial score (nSPS) is 22.9. The first-order valence-electron chi connectivity index (χ1n) is 7.25. The molecule has 2 nitrogen and oxygen atoms in total. The van der Waals surface area contributed by atoms with Gasteiger partial charge in [0.05, 0.1) is 10.6 Å². The molecule has 0 aliphatic heterocycles. The number of carbonyl (C=O) groups excluding carboxylic acids is 1. The minimum absolute atomic E-state index is 0.0612. The molecule has 1 aliphatic carbocycles. The Bertz CT molecular complexity index is 489. The standard InChI is InChI=1S/C16H21BrClNO/c1-10(2)11-6-3-4-9-14(11)19-16(20)12-7-5-8-13(17)15(12)18/h5,7-8,10-11,14H,3-4,6,9H2,1-2H3,(H,19,20). The molecule has 0 aromatic heterocycles. The lowest BCUT2D eigenvalue weighted by molar-refractivity contribution is 0.0889. The maximum absolute atomic E-state index is 12.4. The Kier molecular flexibility index (Phi) is 5.50. The summed E-state index contributed by atoms with van der Waals surface area (Å²) in [5.41, 5.74) is 0.550. The summed E-state index contributed by atoms with van der Waals surface area (Å²) in [4.78, 5) is 12.4. The fourth-order valence-electron chi connectivity index (χ4n) is 3.06. The van der Waals surface area contributed by atoms with Crippen LogP contribution in [0.25, 0.3) is 0 Å². The fourth-order valence-corrected chi connectivity index (χ4v) is 3.64. The van der Waals surface area contributed by atoms with E-state index in [9.17, 15) is 4.79 Å². The lowest BCUT2D eigenvalue weighted by atomic mass is 9.78. The summed E-state index contributed by atoms with van der Waals surface area (Å²) in [6, 6.07) is 5.73. The summed E-state index contributed by atoms with van der Waals surface area (Å²) in [6.45, 7) is 4.47. The lowest BCUT2D eigenvalue weighted by Gasteiger charge is -2.35. The second-order valence-electron chi connectivity index (χ2n) is 5.87. The van der Waals surface area contributed by atoms with Crippen LogP contribution in [0, 0.1) is 11.8 Å². The molecule has 4 heteroatoms. The Morgan fingerprint density at radius 1 is 1.35 bits per heavy atom. The van der Waals surface area contributed by atoms with Gasteiger partial charge in [-0.15, -0.1) is 0 Å². The molecule has 0 bridgehead atoms. The van der Waals surface area contributed by atoms with E-state index < -0.39 is 0 Å². The number of amides is 1. The van der Waals surface area contributed by atoms with Gasteiger partial charge in [-0.05, 0) is 52.7 Å². The van der Waals surface area contributed by atoms with Crippen LogP contribution in [0.4, 0.5) is 0 Å². The van der Waals surface area contributed by atoms with Crippen LogP contribution in [-0.4, -0.2) is 11.9 Å². The summed E-state index contributed by atoms with van der Waals surface area (Å²) in [5, 5.41) is 3.68. The predicted octanol–water partition coefficient (Wildman–Crippen LogP) is 5.05. The number of benzene rings is 1. The molecule has 1 saturated carbocycles. The lowest BCUT2D eigenvalue weighted by Crippen LogP contribution is -2.44. The monoisotopic (exact) mass is 357 g/mol. The largest absolute Gasteiger partial charge is 0.349 e. The van der Waals surface area contributed by atoms with Gasteiger partial charge >= 0.3 is 0 Å². The van der Waals surface area contributed by atoms with Gasteiger partial charge in [0.2, 0.25) is 0 Å². The van der Waals surface area contributed by atoms with Gasteiger partial charge in [0.25, 0.3) is 5.91 Å². The second kappa shape index (κ2) is 6.95. The molecule has 2 unspecified atom stereocenters. The SMILES string of the molecule is CC(C)C1CCCCC1NC(=O)c1cccc(Br)c1Cl. The van der Waals surface area contributed by atoms with Crippen molar-refractivity contribution >= 4 is 33.4 Å². The van der Waals surface area contributed by atoms with Crippen molar-refractivity contribution in [1.82, 2.24) is 5.32 Å². The van der Waals surface area contributed by atoms with Crippen LogP contribution in [0.2, 0.25) is 5.02 Å². The quantitative estimate of drug-likeness (QED) is 0.805. The van der Waals surface area contributed by atoms with Crippen molar-refractivity contribution in [1.29, 1.82) is 0 Å². The number of nitrogens with one attached hydrogen (secondary N) is 1. The van der Waals surface area contributed by atoms with Gasteiger partial charge in [0, 0.05) is 10.5 Å². The van der Waals surface area contributed by atoms with Crippen LogP contribution in [0.1, 0.15) is 49.9 Å². The van der Waals surface area contributed by atoms with Gasteiger partial charge in [-0.2, -0.15) is 0 Å². The summed E-state index contributed by atoms with van der Waals surface area (Å²) in [5.74, 6) is 1.10. The minimum Gasteiger partial charge on any atom is -0.349 e. The smallest absolute Gasteiger partial charge is 0.253 e. The van der Waals surface area contributed by atoms with Crippen LogP contribution in [0.15, 0.2) is 22.7 Å². The Hall–Kier alpha value is -0.540. The third-order valence-electron chi connectivity index (χ3n) is 4.19. The van der Waals surface area contributed by atoms with Crippen molar-refractivity contribution in [2.75, 3.05) is 0 Å². The van der Waals surface area contributed by atoms with Crippen LogP contribution in [0.5, 0.6) is 0 Å². The van der Waals surface area contributed by atoms with E-state index in [0.717, 1.165) is 10.9 Å². The summed E-state index contributed by atoms with van der Waals surface area (Å²) >= 11 is 9.56. The highest BCUT2D eigenvalue weighted by Crippen LogP contribution is 2.31. The van der Waals surface area contributed by atoms with E-state index >= 15 is 0 Å². The molecular weight excluding hydrogens is 338 g/mol. The van der Waals surface area contributed by atoms with E-state index in [-0.39, 0.29) is 11.9 Å². The number of halogens is 2. The summed E-state index contributed by atoms with van der Waals surface area (Å²) in [7, 11) is 0. The Balaban J connectivity index is 2.12. The molecule has 1 aromatic rings. The van der Waals surface area contributed by atoms with E-state index in [2.05, 4.69) is 35.1 Å². The van der Waals surface area contributed by atoms with E-state index in [1.807, 2.05) is 12.1 Å². The Morgan fingerprint density at radius 2 is 2.05 bits per heavy atom. The van der Waals surface area contributed by atoms with Gasteiger partial charge in [-0.3, -0.25) is 4.79 Å². The summed E-state index contributed by atoms with van der Waals surface area (Å²) in [6.07, 6.45) is 4.74. The zero-order chi connectivity index (χ0) is 14.7. The molecule has 20 heavy (non-hydrogen) atoms. The van der Waals surface area contributed by atoms with Crippen LogP contribution in [-0.2, 0) is 0 Å². The minimum atomic E-state index is -0.0612. The first kappa shape index (κ1) is 15.8. The fraction of sp³-hybridized carbons (Fsp3) is 0.562. The highest BCUT2D eigenvalue weighted by atomic mass is 79.9. The third-order valence-corrected chi connectivity index (χ3v) is 5.48. The molecule has 0 saturated heterocycles. The van der Waals surface area contributed by atoms with Crippen LogP contribution in [0.3, 0.4) is 0 Å². The molecule has 1 N–H and O–H groups in total. The Labute approximate surface area is 134 Å². The average Bonchev–Trinajstić information content (AvgIpc) is 2.42. The highest BCUT2D eigenvalue weighted by molar-refractivity contribution is 9.10. The molecule has 2 atom stereocenters. The van der Waals surface area contributed by atoms with Crippen LogP contribution >= 0.6 is 27.5 Å². The summed E-state index contributed by atoms with van der Waals surface area (Å²) < 4.78 is 0.760. The van der Waals surface area contributed by atoms with E-state index in [0.29, 0.717) is 22.4 Å². The average molecular weight is 359 g/mol. The van der Waals surface area contributed by atoms with Crippen molar-refractivity contribution in [2.45, 2.75) is 45.6 Å². The molecule has 1 amide bonds. The molecular formula is C16H21BrClNO. The van der Waals surface area contributed by atoms with E-state index in [1.54, 1.807) is 6.07 Å². The first-order chi connectivity index (χ1) is 9.50. The van der Waals surface area contributed by atoms with Gasteiger partial charge in [-0.25, -0.2) is 0 Å². The molecule has 0 spiro atoms. The molecule has 110 valence electrons. The topological polar surface area (TPSA) is 29.1 Å². The predicted molar refractivity (Wildman–Crippen MR) is 87.2 cm³/mol. The van der Waals surface area contributed by atoms with Crippen molar-refractivity contribution in [2.24, 2.45) is 11.8 Å². The van der Waals surface area contributed by atoms with Crippen molar-refractivity contribution < 1.29 is 4.79 Å². The van der Waals surface area contributed by atoms with Crippen molar-refractivity contribution in [3.05, 3.63) is 33.3 Å². The van der Waals surface area contributed by atoms with Gasteiger partial charge in [0.15, 0.2) is 0 Å². The first-order valence-corrected chi connectivity index (χ1v) is 8.42. The second-order valence-corrected chi connectivity index (χ2v) is 7.11. The molecule has 1 aliphatic rings. The van der Waals surface area contributed by atoms with E-state index in [1.165, 1.54) is 19.3 Å². The van der Waals surface area contributed by atoms with E-state index in [4.69, 9.17) is 11.6 Å².